The molecule has 1 N–H and O–H groups in total. The Bertz CT molecular complexity index is 915. The number of hydrogen-bond donors (Lipinski definition) is 1. The molecule has 0 unspecified atom stereocenters. The summed E-state index contributed by atoms with van der Waals surface area (Å²) < 4.78 is 1.05. The van der Waals surface area contributed by atoms with Crippen molar-refractivity contribution in [2.45, 2.75) is 64.9 Å². The van der Waals surface area contributed by atoms with Gasteiger partial charge in [-0.2, -0.15) is 0 Å². The number of rotatable bonds is 1. The van der Waals surface area contributed by atoms with Crippen LogP contribution in [0.2, 0.25) is 0 Å². The van der Waals surface area contributed by atoms with Crippen LogP contribution in [0.15, 0.2) is 46.0 Å². The van der Waals surface area contributed by atoms with E-state index in [0.29, 0.717) is 23.5 Å². The van der Waals surface area contributed by atoms with E-state index in [1.807, 2.05) is 12.1 Å². The van der Waals surface area contributed by atoms with Gasteiger partial charge >= 0.3 is 0 Å². The van der Waals surface area contributed by atoms with E-state index in [4.69, 9.17) is 0 Å². The van der Waals surface area contributed by atoms with Crippen molar-refractivity contribution in [3.63, 3.8) is 0 Å². The third-order valence-electron chi connectivity index (χ3n) is 8.91. The van der Waals surface area contributed by atoms with Gasteiger partial charge in [-0.05, 0) is 97.5 Å². The Kier molecular flexibility index (Phi) is 4.71. The lowest BCUT2D eigenvalue weighted by Crippen LogP contribution is -2.50. The third-order valence-corrected chi connectivity index (χ3v) is 9.40. The molecule has 5 rings (SSSR count). The normalized spacial score (nSPS) is 42.8. The first kappa shape index (κ1) is 19.8. The molecule has 6 atom stereocenters. The summed E-state index contributed by atoms with van der Waals surface area (Å²) in [6.45, 7) is 4.68. The molecule has 29 heavy (non-hydrogen) atoms. The van der Waals surface area contributed by atoms with Gasteiger partial charge < -0.3 is 5.11 Å². The van der Waals surface area contributed by atoms with Gasteiger partial charge in [0.05, 0.1) is 6.10 Å². The maximum atomic E-state index is 13.5. The first-order valence-corrected chi connectivity index (χ1v) is 12.0. The lowest BCUT2D eigenvalue weighted by molar-refractivity contribution is -0.130. The van der Waals surface area contributed by atoms with Crippen molar-refractivity contribution in [2.24, 2.45) is 28.6 Å². The molecule has 0 saturated heterocycles. The summed E-state index contributed by atoms with van der Waals surface area (Å²) in [4.78, 5) is 13.5. The van der Waals surface area contributed by atoms with Gasteiger partial charge in [0.2, 0.25) is 0 Å². The molecular weight excluding hydrogens is 424 g/mol. The van der Waals surface area contributed by atoms with E-state index in [9.17, 15) is 9.90 Å². The summed E-state index contributed by atoms with van der Waals surface area (Å²) >= 11 is 3.55. The Morgan fingerprint density at radius 1 is 1.10 bits per heavy atom. The summed E-state index contributed by atoms with van der Waals surface area (Å²) in [7, 11) is 0. The molecular formula is C26H31BrO2. The van der Waals surface area contributed by atoms with Gasteiger partial charge in [-0.1, -0.05) is 53.6 Å². The lowest BCUT2D eigenvalue weighted by Gasteiger charge is -2.56. The van der Waals surface area contributed by atoms with E-state index in [-0.39, 0.29) is 16.9 Å². The minimum atomic E-state index is -0.200. The average molecular weight is 455 g/mol. The molecule has 154 valence electrons. The smallest absolute Gasteiger partial charge is 0.165 e. The Labute approximate surface area is 182 Å². The van der Waals surface area contributed by atoms with Gasteiger partial charge in [-0.25, -0.2) is 0 Å². The molecule has 0 radical (unpaired) electrons. The summed E-state index contributed by atoms with van der Waals surface area (Å²) in [5.74, 6) is 2.09. The van der Waals surface area contributed by atoms with Gasteiger partial charge in [-0.15, -0.1) is 0 Å². The van der Waals surface area contributed by atoms with Crippen molar-refractivity contribution < 1.29 is 9.90 Å². The summed E-state index contributed by atoms with van der Waals surface area (Å²) in [5.41, 5.74) is 3.66. The maximum Gasteiger partial charge on any atom is 0.165 e. The molecule has 0 aliphatic heterocycles. The van der Waals surface area contributed by atoms with E-state index in [1.54, 1.807) is 0 Å². The minimum Gasteiger partial charge on any atom is -0.393 e. The molecule has 0 bridgehead atoms. The summed E-state index contributed by atoms with van der Waals surface area (Å²) in [6, 6.07) is 8.24. The highest BCUT2D eigenvalue weighted by atomic mass is 79.9. The number of fused-ring (bicyclic) bond motifs is 5. The lowest BCUT2D eigenvalue weighted by atomic mass is 9.48. The quantitative estimate of drug-likeness (QED) is 0.397. The summed E-state index contributed by atoms with van der Waals surface area (Å²) in [5, 5.41) is 10.2. The number of aliphatic hydroxyl groups is 1. The Morgan fingerprint density at radius 3 is 2.69 bits per heavy atom. The first-order valence-electron chi connectivity index (χ1n) is 11.2. The second-order valence-corrected chi connectivity index (χ2v) is 11.3. The molecule has 0 heterocycles. The number of hydrogen-bond acceptors (Lipinski definition) is 2. The van der Waals surface area contributed by atoms with Crippen LogP contribution in [-0.4, -0.2) is 17.0 Å². The van der Waals surface area contributed by atoms with Crippen LogP contribution >= 0.6 is 15.9 Å². The number of aliphatic hydroxyl groups excluding tert-OH is 1. The van der Waals surface area contributed by atoms with Gasteiger partial charge in [-0.3, -0.25) is 4.79 Å². The number of halogens is 1. The second-order valence-electron chi connectivity index (χ2n) is 10.4. The van der Waals surface area contributed by atoms with Crippen LogP contribution in [0.4, 0.5) is 0 Å². The fourth-order valence-electron chi connectivity index (χ4n) is 7.24. The maximum absolute atomic E-state index is 13.5. The van der Waals surface area contributed by atoms with E-state index in [0.717, 1.165) is 60.6 Å². The van der Waals surface area contributed by atoms with Crippen LogP contribution in [0.5, 0.6) is 0 Å². The number of carbonyl (C=O) groups is 1. The zero-order valence-corrected chi connectivity index (χ0v) is 19.0. The van der Waals surface area contributed by atoms with Crippen molar-refractivity contribution in [1.29, 1.82) is 0 Å². The molecule has 0 spiro atoms. The second kappa shape index (κ2) is 6.92. The van der Waals surface area contributed by atoms with E-state index < -0.39 is 0 Å². The fourth-order valence-corrected chi connectivity index (χ4v) is 7.66. The van der Waals surface area contributed by atoms with Crippen molar-refractivity contribution in [3.8, 4) is 0 Å². The predicted octanol–water partition coefficient (Wildman–Crippen LogP) is 6.34. The van der Waals surface area contributed by atoms with E-state index in [1.165, 1.54) is 5.57 Å². The van der Waals surface area contributed by atoms with Crippen LogP contribution in [-0.2, 0) is 4.79 Å². The minimum absolute atomic E-state index is 0.160. The molecule has 3 heteroatoms. The Morgan fingerprint density at radius 2 is 1.90 bits per heavy atom. The number of allylic oxidation sites excluding steroid dienone is 2. The molecule has 4 aliphatic rings. The third kappa shape index (κ3) is 3.03. The van der Waals surface area contributed by atoms with Gasteiger partial charge in [0.1, 0.15) is 0 Å². The van der Waals surface area contributed by atoms with Gasteiger partial charge in [0.25, 0.3) is 0 Å². The Hall–Kier alpha value is -1.19. The SMILES string of the molecule is C[C@]12CC[C@@H](O)CC1=CC[C@@H]1[C@@H]2CC[C@]2(C)C(=O)/C(=C/c3cccc(Br)c3)C[C@@H]12. The molecule has 3 saturated carbocycles. The van der Waals surface area contributed by atoms with Crippen LogP contribution in [0.1, 0.15) is 64.4 Å². The highest BCUT2D eigenvalue weighted by Gasteiger charge is 2.59. The van der Waals surface area contributed by atoms with Crippen molar-refractivity contribution in [3.05, 3.63) is 51.5 Å². The zero-order chi connectivity index (χ0) is 20.4. The number of ketones is 1. The fraction of sp³-hybridized carbons (Fsp3) is 0.577. The molecule has 4 aliphatic carbocycles. The van der Waals surface area contributed by atoms with Gasteiger partial charge in [0.15, 0.2) is 5.78 Å². The first-order chi connectivity index (χ1) is 13.8. The average Bonchev–Trinajstić information content (AvgIpc) is 2.93. The van der Waals surface area contributed by atoms with Crippen LogP contribution in [0.3, 0.4) is 0 Å². The Balaban J connectivity index is 1.48. The standard InChI is InChI=1S/C26H31BrO2/c1-25-10-8-20(28)15-18(25)6-7-21-22(25)9-11-26(2)23(21)14-17(24(26)29)12-16-4-3-5-19(27)13-16/h3-6,12-13,20-23,28H,7-11,14-15H2,1-2H3/b17-12+/t20-,21-,22+,23+,25+,26+/m1/s1. The summed E-state index contributed by atoms with van der Waals surface area (Å²) in [6.07, 6.45) is 11.5. The van der Waals surface area contributed by atoms with Crippen molar-refractivity contribution >= 4 is 27.8 Å². The number of benzene rings is 1. The largest absolute Gasteiger partial charge is 0.393 e. The van der Waals surface area contributed by atoms with Crippen LogP contribution in [0.25, 0.3) is 6.08 Å². The molecule has 0 amide bonds. The number of Topliss-reactive ketones (excluding diaryl/α,β-unsaturated/α-hetero) is 1. The highest BCUT2D eigenvalue weighted by Crippen LogP contribution is 2.64. The topological polar surface area (TPSA) is 37.3 Å². The van der Waals surface area contributed by atoms with Gasteiger partial charge in [0, 0.05) is 9.89 Å². The van der Waals surface area contributed by atoms with E-state index >= 15 is 0 Å². The molecule has 1 aromatic rings. The molecule has 0 aromatic heterocycles. The zero-order valence-electron chi connectivity index (χ0n) is 17.5. The monoisotopic (exact) mass is 454 g/mol. The molecule has 3 fully saturated rings. The highest BCUT2D eigenvalue weighted by molar-refractivity contribution is 9.10. The van der Waals surface area contributed by atoms with Crippen LogP contribution in [0, 0.1) is 28.6 Å². The van der Waals surface area contributed by atoms with Crippen LogP contribution < -0.4 is 0 Å². The predicted molar refractivity (Wildman–Crippen MR) is 120 cm³/mol. The van der Waals surface area contributed by atoms with Crippen molar-refractivity contribution in [1.82, 2.24) is 0 Å². The number of carbonyl (C=O) groups excluding carboxylic acids is 1. The van der Waals surface area contributed by atoms with E-state index in [2.05, 4.69) is 54.1 Å². The van der Waals surface area contributed by atoms with Crippen molar-refractivity contribution in [2.75, 3.05) is 0 Å². The molecule has 2 nitrogen and oxygen atoms in total. The molecule has 1 aromatic carbocycles.